The predicted octanol–water partition coefficient (Wildman–Crippen LogP) is 4.05. The average molecular weight is 322 g/mol. The van der Waals surface area contributed by atoms with E-state index < -0.39 is 0 Å². The van der Waals surface area contributed by atoms with Crippen molar-refractivity contribution in [3.63, 3.8) is 0 Å². The minimum atomic E-state index is 0.431. The standard InChI is InChI=1S/C15H16BrNO2/c1-10-6-12(16)4-5-15(10)19-9-13-8-14(18-3)7-11(2)17-13/h4-8H,9H2,1-3H3. The highest BCUT2D eigenvalue weighted by Gasteiger charge is 2.04. The highest BCUT2D eigenvalue weighted by molar-refractivity contribution is 9.10. The van der Waals surface area contributed by atoms with Gasteiger partial charge in [0.2, 0.25) is 0 Å². The molecule has 1 heterocycles. The summed E-state index contributed by atoms with van der Waals surface area (Å²) in [5.41, 5.74) is 2.87. The summed E-state index contributed by atoms with van der Waals surface area (Å²) in [4.78, 5) is 4.43. The van der Waals surface area contributed by atoms with Gasteiger partial charge in [-0.2, -0.15) is 0 Å². The summed E-state index contributed by atoms with van der Waals surface area (Å²) in [5, 5.41) is 0. The van der Waals surface area contributed by atoms with Crippen LogP contribution in [0.15, 0.2) is 34.8 Å². The molecule has 4 heteroatoms. The van der Waals surface area contributed by atoms with Crippen LogP contribution in [0.4, 0.5) is 0 Å². The Morgan fingerprint density at radius 2 is 1.95 bits per heavy atom. The molecule has 3 nitrogen and oxygen atoms in total. The van der Waals surface area contributed by atoms with E-state index >= 15 is 0 Å². The van der Waals surface area contributed by atoms with E-state index in [-0.39, 0.29) is 0 Å². The number of ether oxygens (including phenoxy) is 2. The average Bonchev–Trinajstić information content (AvgIpc) is 2.37. The third kappa shape index (κ3) is 3.70. The zero-order valence-electron chi connectivity index (χ0n) is 11.2. The van der Waals surface area contributed by atoms with Gasteiger partial charge in [-0.3, -0.25) is 4.98 Å². The van der Waals surface area contributed by atoms with Gasteiger partial charge in [0, 0.05) is 22.3 Å². The summed E-state index contributed by atoms with van der Waals surface area (Å²) in [7, 11) is 1.65. The maximum atomic E-state index is 5.79. The number of halogens is 1. The molecule has 2 aromatic rings. The van der Waals surface area contributed by atoms with Gasteiger partial charge >= 0.3 is 0 Å². The number of aromatic nitrogens is 1. The van der Waals surface area contributed by atoms with Gasteiger partial charge in [-0.05, 0) is 37.6 Å². The normalized spacial score (nSPS) is 10.3. The maximum absolute atomic E-state index is 5.79. The number of hydrogen-bond donors (Lipinski definition) is 0. The summed E-state index contributed by atoms with van der Waals surface area (Å²) in [6.45, 7) is 4.39. The smallest absolute Gasteiger partial charge is 0.130 e. The first kappa shape index (κ1) is 13.9. The quantitative estimate of drug-likeness (QED) is 0.851. The van der Waals surface area contributed by atoms with Crippen molar-refractivity contribution in [3.05, 3.63) is 51.8 Å². The summed E-state index contributed by atoms with van der Waals surface area (Å²) in [6, 6.07) is 9.73. The Hall–Kier alpha value is -1.55. The number of methoxy groups -OCH3 is 1. The molecule has 1 aromatic carbocycles. The Morgan fingerprint density at radius 1 is 1.16 bits per heavy atom. The van der Waals surface area contributed by atoms with Crippen LogP contribution in [0.2, 0.25) is 0 Å². The van der Waals surface area contributed by atoms with E-state index in [9.17, 15) is 0 Å². The van der Waals surface area contributed by atoms with E-state index in [0.29, 0.717) is 6.61 Å². The van der Waals surface area contributed by atoms with Crippen LogP contribution < -0.4 is 9.47 Å². The van der Waals surface area contributed by atoms with Crippen LogP contribution in [-0.4, -0.2) is 12.1 Å². The number of nitrogens with zero attached hydrogens (tertiary/aromatic N) is 1. The van der Waals surface area contributed by atoms with Crippen LogP contribution in [0, 0.1) is 13.8 Å². The van der Waals surface area contributed by atoms with E-state index in [1.165, 1.54) is 0 Å². The van der Waals surface area contributed by atoms with Crippen LogP contribution in [-0.2, 0) is 6.61 Å². The second-order valence-electron chi connectivity index (χ2n) is 4.34. The molecule has 1 aromatic heterocycles. The van der Waals surface area contributed by atoms with E-state index in [1.54, 1.807) is 7.11 Å². The molecule has 0 aliphatic rings. The second kappa shape index (κ2) is 6.06. The first-order chi connectivity index (χ1) is 9.08. The lowest BCUT2D eigenvalue weighted by Crippen LogP contribution is -2.01. The lowest BCUT2D eigenvalue weighted by molar-refractivity contribution is 0.297. The van der Waals surface area contributed by atoms with Crippen molar-refractivity contribution in [1.29, 1.82) is 0 Å². The predicted molar refractivity (Wildman–Crippen MR) is 78.7 cm³/mol. The number of aryl methyl sites for hydroxylation is 2. The van der Waals surface area contributed by atoms with Gasteiger partial charge in [0.1, 0.15) is 18.1 Å². The molecule has 0 atom stereocenters. The Balaban J connectivity index is 2.12. The Labute approximate surface area is 121 Å². The van der Waals surface area contributed by atoms with Crippen molar-refractivity contribution in [2.45, 2.75) is 20.5 Å². The van der Waals surface area contributed by atoms with Gasteiger partial charge in [-0.1, -0.05) is 15.9 Å². The van der Waals surface area contributed by atoms with Crippen LogP contribution in [0.3, 0.4) is 0 Å². The minimum absolute atomic E-state index is 0.431. The van der Waals surface area contributed by atoms with Gasteiger partial charge in [0.25, 0.3) is 0 Å². The molecule has 0 N–H and O–H groups in total. The SMILES string of the molecule is COc1cc(C)nc(COc2ccc(Br)cc2C)c1. The van der Waals surface area contributed by atoms with Crippen molar-refractivity contribution in [3.8, 4) is 11.5 Å². The van der Waals surface area contributed by atoms with Crippen molar-refractivity contribution in [1.82, 2.24) is 4.98 Å². The Bertz CT molecular complexity index is 584. The molecule has 0 aliphatic carbocycles. The van der Waals surface area contributed by atoms with Crippen molar-refractivity contribution in [2.24, 2.45) is 0 Å². The topological polar surface area (TPSA) is 31.4 Å². The molecule has 0 radical (unpaired) electrons. The Kier molecular flexibility index (Phi) is 4.43. The van der Waals surface area contributed by atoms with E-state index in [0.717, 1.165) is 32.9 Å². The molecule has 0 aliphatic heterocycles. The number of benzene rings is 1. The molecular weight excluding hydrogens is 306 g/mol. The van der Waals surface area contributed by atoms with Gasteiger partial charge in [0.15, 0.2) is 0 Å². The molecule has 0 fully saturated rings. The zero-order valence-corrected chi connectivity index (χ0v) is 12.8. The molecule has 0 saturated carbocycles. The Morgan fingerprint density at radius 3 is 2.63 bits per heavy atom. The highest BCUT2D eigenvalue weighted by Crippen LogP contribution is 2.23. The monoisotopic (exact) mass is 321 g/mol. The van der Waals surface area contributed by atoms with Crippen LogP contribution in [0.1, 0.15) is 17.0 Å². The first-order valence-electron chi connectivity index (χ1n) is 5.99. The lowest BCUT2D eigenvalue weighted by Gasteiger charge is -2.10. The van der Waals surface area contributed by atoms with Crippen molar-refractivity contribution < 1.29 is 9.47 Å². The van der Waals surface area contributed by atoms with Gasteiger partial charge in [-0.25, -0.2) is 0 Å². The van der Waals surface area contributed by atoms with Crippen molar-refractivity contribution >= 4 is 15.9 Å². The van der Waals surface area contributed by atoms with Crippen LogP contribution in [0.5, 0.6) is 11.5 Å². The highest BCUT2D eigenvalue weighted by atomic mass is 79.9. The minimum Gasteiger partial charge on any atom is -0.497 e. The molecule has 19 heavy (non-hydrogen) atoms. The van der Waals surface area contributed by atoms with Gasteiger partial charge < -0.3 is 9.47 Å². The van der Waals surface area contributed by atoms with Gasteiger partial charge in [0.05, 0.1) is 12.8 Å². The first-order valence-corrected chi connectivity index (χ1v) is 6.78. The summed E-state index contributed by atoms with van der Waals surface area (Å²) >= 11 is 3.44. The third-order valence-corrected chi connectivity index (χ3v) is 3.22. The number of pyridine rings is 1. The molecule has 0 bridgehead atoms. The zero-order chi connectivity index (χ0) is 13.8. The summed E-state index contributed by atoms with van der Waals surface area (Å²) in [6.07, 6.45) is 0. The molecule has 2 rings (SSSR count). The molecule has 0 saturated heterocycles. The van der Waals surface area contributed by atoms with E-state index in [1.807, 2.05) is 44.2 Å². The molecule has 0 unspecified atom stereocenters. The summed E-state index contributed by atoms with van der Waals surface area (Å²) < 4.78 is 12.1. The third-order valence-electron chi connectivity index (χ3n) is 2.73. The number of rotatable bonds is 4. The maximum Gasteiger partial charge on any atom is 0.130 e. The molecule has 100 valence electrons. The summed E-state index contributed by atoms with van der Waals surface area (Å²) in [5.74, 6) is 1.67. The van der Waals surface area contributed by atoms with Gasteiger partial charge in [-0.15, -0.1) is 0 Å². The van der Waals surface area contributed by atoms with Crippen LogP contribution >= 0.6 is 15.9 Å². The molecule has 0 amide bonds. The second-order valence-corrected chi connectivity index (χ2v) is 5.25. The molecular formula is C15H16BrNO2. The molecule has 0 spiro atoms. The van der Waals surface area contributed by atoms with E-state index in [2.05, 4.69) is 20.9 Å². The largest absolute Gasteiger partial charge is 0.497 e. The fourth-order valence-corrected chi connectivity index (χ4v) is 2.30. The fourth-order valence-electron chi connectivity index (χ4n) is 1.82. The fraction of sp³-hybridized carbons (Fsp3) is 0.267. The van der Waals surface area contributed by atoms with Crippen molar-refractivity contribution in [2.75, 3.05) is 7.11 Å². The lowest BCUT2D eigenvalue weighted by atomic mass is 10.2. The number of hydrogen-bond acceptors (Lipinski definition) is 3. The van der Waals surface area contributed by atoms with Crippen LogP contribution in [0.25, 0.3) is 0 Å². The van der Waals surface area contributed by atoms with E-state index in [4.69, 9.17) is 9.47 Å².